The molecule has 0 aromatic heterocycles. The largest absolute Gasteiger partial charge is 0.508 e. The van der Waals surface area contributed by atoms with E-state index in [9.17, 15) is 9.90 Å². The molecule has 4 heteroatoms. The van der Waals surface area contributed by atoms with Gasteiger partial charge in [0.15, 0.2) is 0 Å². The van der Waals surface area contributed by atoms with Gasteiger partial charge in [0.1, 0.15) is 11.9 Å². The Morgan fingerprint density at radius 2 is 1.87 bits per heavy atom. The lowest BCUT2D eigenvalue weighted by molar-refractivity contribution is -0.139. The van der Waals surface area contributed by atoms with Crippen LogP contribution < -0.4 is 0 Å². The summed E-state index contributed by atoms with van der Waals surface area (Å²) >= 11 is 0. The van der Waals surface area contributed by atoms with Gasteiger partial charge in [-0.05, 0) is 23.6 Å². The minimum atomic E-state index is -0.0565. The summed E-state index contributed by atoms with van der Waals surface area (Å²) in [5.41, 5.74) is 1.92. The maximum absolute atomic E-state index is 12.4. The van der Waals surface area contributed by atoms with E-state index in [2.05, 4.69) is 0 Å². The van der Waals surface area contributed by atoms with Crippen molar-refractivity contribution >= 4 is 5.91 Å². The fourth-order valence-electron chi connectivity index (χ4n) is 2.87. The summed E-state index contributed by atoms with van der Waals surface area (Å²) in [4.78, 5) is 14.3. The fourth-order valence-corrected chi connectivity index (χ4v) is 2.87. The van der Waals surface area contributed by atoms with Crippen LogP contribution in [-0.4, -0.2) is 35.6 Å². The third-order valence-corrected chi connectivity index (χ3v) is 4.19. The van der Waals surface area contributed by atoms with Crippen molar-refractivity contribution in [1.82, 2.24) is 4.90 Å². The Kier molecular flexibility index (Phi) is 4.93. The maximum atomic E-state index is 12.4. The topological polar surface area (TPSA) is 49.8 Å². The minimum absolute atomic E-state index is 0.0565. The van der Waals surface area contributed by atoms with Gasteiger partial charge in [-0.1, -0.05) is 48.5 Å². The maximum Gasteiger partial charge on any atom is 0.223 e. The number of benzene rings is 2. The summed E-state index contributed by atoms with van der Waals surface area (Å²) in [7, 11) is 0. The SMILES string of the molecule is O=C(CCc1ccccc1O)N1CCOC(c2ccccc2)C1. The summed E-state index contributed by atoms with van der Waals surface area (Å²) in [6, 6.07) is 17.2. The van der Waals surface area contributed by atoms with Gasteiger partial charge in [0, 0.05) is 13.0 Å². The number of para-hydroxylation sites is 1. The number of carbonyl (C=O) groups excluding carboxylic acids is 1. The number of amides is 1. The molecule has 0 bridgehead atoms. The highest BCUT2D eigenvalue weighted by molar-refractivity contribution is 5.76. The van der Waals surface area contributed by atoms with Crippen LogP contribution in [0.3, 0.4) is 0 Å². The molecule has 0 radical (unpaired) electrons. The Bertz CT molecular complexity index is 657. The second kappa shape index (κ2) is 7.29. The van der Waals surface area contributed by atoms with Crippen LogP contribution in [0.5, 0.6) is 5.75 Å². The van der Waals surface area contributed by atoms with E-state index < -0.39 is 0 Å². The van der Waals surface area contributed by atoms with Crippen LogP contribution in [0.25, 0.3) is 0 Å². The van der Waals surface area contributed by atoms with Gasteiger partial charge in [-0.25, -0.2) is 0 Å². The molecule has 3 rings (SSSR count). The molecule has 0 aliphatic carbocycles. The van der Waals surface area contributed by atoms with Crippen LogP contribution >= 0.6 is 0 Å². The predicted octanol–water partition coefficient (Wildman–Crippen LogP) is 2.92. The molecule has 2 aromatic rings. The predicted molar refractivity (Wildman–Crippen MR) is 88.1 cm³/mol. The molecular formula is C19H21NO3. The Labute approximate surface area is 136 Å². The molecule has 1 saturated heterocycles. The van der Waals surface area contributed by atoms with Crippen LogP contribution in [-0.2, 0) is 16.0 Å². The van der Waals surface area contributed by atoms with Crippen molar-refractivity contribution < 1.29 is 14.6 Å². The van der Waals surface area contributed by atoms with E-state index in [0.717, 1.165) is 11.1 Å². The molecule has 1 aliphatic heterocycles. The smallest absolute Gasteiger partial charge is 0.223 e. The molecule has 120 valence electrons. The van der Waals surface area contributed by atoms with Crippen molar-refractivity contribution in [2.45, 2.75) is 18.9 Å². The number of aryl methyl sites for hydroxylation is 1. The lowest BCUT2D eigenvalue weighted by Crippen LogP contribution is -2.42. The second-order valence-corrected chi connectivity index (χ2v) is 5.74. The molecule has 2 aromatic carbocycles. The molecular weight excluding hydrogens is 290 g/mol. The number of carbonyl (C=O) groups is 1. The van der Waals surface area contributed by atoms with Gasteiger partial charge in [0.05, 0.1) is 13.2 Å². The van der Waals surface area contributed by atoms with Gasteiger partial charge < -0.3 is 14.7 Å². The molecule has 1 aliphatic rings. The average Bonchev–Trinajstić information content (AvgIpc) is 2.62. The first kappa shape index (κ1) is 15.6. The van der Waals surface area contributed by atoms with Gasteiger partial charge in [-0.3, -0.25) is 4.79 Å². The zero-order chi connectivity index (χ0) is 16.1. The number of nitrogens with zero attached hydrogens (tertiary/aromatic N) is 1. The van der Waals surface area contributed by atoms with E-state index in [1.807, 2.05) is 47.4 Å². The Morgan fingerprint density at radius 1 is 1.13 bits per heavy atom. The second-order valence-electron chi connectivity index (χ2n) is 5.74. The molecule has 0 saturated carbocycles. The van der Waals surface area contributed by atoms with Crippen molar-refractivity contribution in [2.75, 3.05) is 19.7 Å². The van der Waals surface area contributed by atoms with Gasteiger partial charge in [-0.2, -0.15) is 0 Å². The summed E-state index contributed by atoms with van der Waals surface area (Å²) in [5.74, 6) is 0.363. The van der Waals surface area contributed by atoms with E-state index in [-0.39, 0.29) is 17.8 Å². The number of hydrogen-bond donors (Lipinski definition) is 1. The van der Waals surface area contributed by atoms with Crippen LogP contribution in [0.15, 0.2) is 54.6 Å². The highest BCUT2D eigenvalue weighted by Gasteiger charge is 2.25. The lowest BCUT2D eigenvalue weighted by Gasteiger charge is -2.33. The zero-order valence-corrected chi connectivity index (χ0v) is 13.0. The van der Waals surface area contributed by atoms with E-state index in [4.69, 9.17) is 4.74 Å². The quantitative estimate of drug-likeness (QED) is 0.944. The van der Waals surface area contributed by atoms with Crippen LogP contribution in [0.2, 0.25) is 0 Å². The number of ether oxygens (including phenoxy) is 1. The number of rotatable bonds is 4. The highest BCUT2D eigenvalue weighted by atomic mass is 16.5. The fraction of sp³-hybridized carbons (Fsp3) is 0.316. The van der Waals surface area contributed by atoms with Crippen molar-refractivity contribution in [3.63, 3.8) is 0 Å². The molecule has 23 heavy (non-hydrogen) atoms. The Hall–Kier alpha value is -2.33. The first-order valence-electron chi connectivity index (χ1n) is 7.95. The monoisotopic (exact) mass is 311 g/mol. The average molecular weight is 311 g/mol. The standard InChI is InChI=1S/C19H21NO3/c21-17-9-5-4-6-15(17)10-11-19(22)20-12-13-23-18(14-20)16-7-2-1-3-8-16/h1-9,18,21H,10-14H2. The van der Waals surface area contributed by atoms with Crippen molar-refractivity contribution in [1.29, 1.82) is 0 Å². The minimum Gasteiger partial charge on any atom is -0.508 e. The van der Waals surface area contributed by atoms with Crippen LogP contribution in [0.1, 0.15) is 23.7 Å². The normalized spacial score (nSPS) is 17.9. The molecule has 4 nitrogen and oxygen atoms in total. The van der Waals surface area contributed by atoms with E-state index in [1.165, 1.54) is 0 Å². The molecule has 1 atom stereocenters. The molecule has 1 unspecified atom stereocenters. The number of phenolic OH excluding ortho intramolecular Hbond substituents is 1. The summed E-state index contributed by atoms with van der Waals surface area (Å²) in [6.07, 6.45) is 0.900. The van der Waals surface area contributed by atoms with E-state index >= 15 is 0 Å². The molecule has 1 amide bonds. The summed E-state index contributed by atoms with van der Waals surface area (Å²) in [6.45, 7) is 1.77. The number of hydrogen-bond acceptors (Lipinski definition) is 3. The molecule has 1 fully saturated rings. The third-order valence-electron chi connectivity index (χ3n) is 4.19. The number of phenols is 1. The first-order chi connectivity index (χ1) is 11.2. The van der Waals surface area contributed by atoms with E-state index in [0.29, 0.717) is 32.5 Å². The lowest BCUT2D eigenvalue weighted by atomic mass is 10.1. The Morgan fingerprint density at radius 3 is 2.65 bits per heavy atom. The van der Waals surface area contributed by atoms with Gasteiger partial charge in [-0.15, -0.1) is 0 Å². The van der Waals surface area contributed by atoms with Crippen LogP contribution in [0.4, 0.5) is 0 Å². The highest BCUT2D eigenvalue weighted by Crippen LogP contribution is 2.23. The van der Waals surface area contributed by atoms with Crippen LogP contribution in [0, 0.1) is 0 Å². The zero-order valence-electron chi connectivity index (χ0n) is 13.0. The molecule has 0 spiro atoms. The van der Waals surface area contributed by atoms with Crippen molar-refractivity contribution in [3.8, 4) is 5.75 Å². The summed E-state index contributed by atoms with van der Waals surface area (Å²) < 4.78 is 5.79. The van der Waals surface area contributed by atoms with Crippen molar-refractivity contribution in [2.24, 2.45) is 0 Å². The van der Waals surface area contributed by atoms with Gasteiger partial charge in [0.25, 0.3) is 0 Å². The Balaban J connectivity index is 1.58. The van der Waals surface area contributed by atoms with Crippen molar-refractivity contribution in [3.05, 3.63) is 65.7 Å². The number of morpholine rings is 1. The van der Waals surface area contributed by atoms with Gasteiger partial charge >= 0.3 is 0 Å². The summed E-state index contributed by atoms with van der Waals surface area (Å²) in [5, 5.41) is 9.78. The molecule has 1 N–H and O–H groups in total. The third kappa shape index (κ3) is 3.90. The van der Waals surface area contributed by atoms with E-state index in [1.54, 1.807) is 12.1 Å². The molecule has 1 heterocycles. The van der Waals surface area contributed by atoms with Gasteiger partial charge in [0.2, 0.25) is 5.91 Å². The number of aromatic hydroxyl groups is 1. The first-order valence-corrected chi connectivity index (χ1v) is 7.95.